The van der Waals surface area contributed by atoms with Crippen LogP contribution in [-0.2, 0) is 16.0 Å². The Kier molecular flexibility index (Phi) is 3.91. The van der Waals surface area contributed by atoms with Crippen LogP contribution in [0.25, 0.3) is 0 Å². The molecule has 6 nitrogen and oxygen atoms in total. The predicted octanol–water partition coefficient (Wildman–Crippen LogP) is 2.43. The Labute approximate surface area is 128 Å². The number of rotatable bonds is 5. The van der Waals surface area contributed by atoms with E-state index in [0.717, 1.165) is 16.9 Å². The average Bonchev–Trinajstić information content (AvgIpc) is 3.21. The number of nitrogens with one attached hydrogen (secondary N) is 3. The monoisotopic (exact) mass is 298 g/mol. The van der Waals surface area contributed by atoms with Gasteiger partial charge in [0.15, 0.2) is 0 Å². The minimum absolute atomic E-state index is 0.0988. The van der Waals surface area contributed by atoms with Crippen LogP contribution >= 0.6 is 0 Å². The van der Waals surface area contributed by atoms with Crippen molar-refractivity contribution in [3.05, 3.63) is 41.6 Å². The molecule has 6 heteroatoms. The van der Waals surface area contributed by atoms with Crippen LogP contribution in [0, 0.1) is 0 Å². The molecular weight excluding hydrogens is 280 g/mol. The molecule has 0 spiro atoms. The fourth-order valence-corrected chi connectivity index (χ4v) is 2.28. The van der Waals surface area contributed by atoms with Gasteiger partial charge in [-0.3, -0.25) is 14.7 Å². The second-order valence-electron chi connectivity index (χ2n) is 5.58. The first kappa shape index (κ1) is 14.3. The van der Waals surface area contributed by atoms with E-state index >= 15 is 0 Å². The zero-order chi connectivity index (χ0) is 15.5. The van der Waals surface area contributed by atoms with Crippen molar-refractivity contribution in [2.24, 2.45) is 0 Å². The molecule has 1 aliphatic carbocycles. The summed E-state index contributed by atoms with van der Waals surface area (Å²) in [6.45, 7) is 1.46. The van der Waals surface area contributed by atoms with Crippen LogP contribution in [0.5, 0.6) is 0 Å². The molecule has 22 heavy (non-hydrogen) atoms. The molecule has 0 unspecified atom stereocenters. The number of hydrogen-bond donors (Lipinski definition) is 3. The zero-order valence-electron chi connectivity index (χ0n) is 12.3. The third-order valence-electron chi connectivity index (χ3n) is 3.51. The van der Waals surface area contributed by atoms with Gasteiger partial charge in [-0.2, -0.15) is 5.10 Å². The predicted molar refractivity (Wildman–Crippen MR) is 83.6 cm³/mol. The number of H-pyrrole nitrogens is 1. The van der Waals surface area contributed by atoms with Gasteiger partial charge in [0.1, 0.15) is 5.82 Å². The molecule has 1 aliphatic rings. The molecule has 0 atom stereocenters. The molecule has 1 aromatic carbocycles. The molecule has 0 radical (unpaired) electrons. The van der Waals surface area contributed by atoms with Gasteiger partial charge in [0, 0.05) is 24.6 Å². The van der Waals surface area contributed by atoms with Crippen molar-refractivity contribution in [2.75, 3.05) is 10.6 Å². The molecular formula is C16H18N4O2. The zero-order valence-corrected chi connectivity index (χ0v) is 12.3. The highest BCUT2D eigenvalue weighted by molar-refractivity contribution is 5.92. The Hall–Kier alpha value is -2.63. The molecule has 0 saturated heterocycles. The molecule has 3 N–H and O–H groups in total. The Bertz CT molecular complexity index is 686. The minimum atomic E-state index is -0.115. The first-order valence-electron chi connectivity index (χ1n) is 7.32. The van der Waals surface area contributed by atoms with Gasteiger partial charge in [0.25, 0.3) is 0 Å². The fraction of sp³-hybridized carbons (Fsp3) is 0.312. The number of aromatic nitrogens is 2. The molecule has 2 aromatic rings. The minimum Gasteiger partial charge on any atom is -0.326 e. The van der Waals surface area contributed by atoms with Crippen LogP contribution in [0.15, 0.2) is 30.3 Å². The summed E-state index contributed by atoms with van der Waals surface area (Å²) in [5.41, 5.74) is 2.63. The lowest BCUT2D eigenvalue weighted by molar-refractivity contribution is -0.116. The van der Waals surface area contributed by atoms with Gasteiger partial charge in [-0.25, -0.2) is 0 Å². The Balaban J connectivity index is 1.55. The van der Waals surface area contributed by atoms with Crippen molar-refractivity contribution in [3.63, 3.8) is 0 Å². The van der Waals surface area contributed by atoms with Crippen LogP contribution < -0.4 is 10.6 Å². The number of anilines is 2. The second kappa shape index (κ2) is 6.01. The summed E-state index contributed by atoms with van der Waals surface area (Å²) >= 11 is 0. The number of aromatic amines is 1. The topological polar surface area (TPSA) is 86.9 Å². The maximum absolute atomic E-state index is 12.0. The number of nitrogens with zero attached hydrogens (tertiary/aromatic N) is 1. The highest BCUT2D eigenvalue weighted by atomic mass is 16.2. The summed E-state index contributed by atoms with van der Waals surface area (Å²) < 4.78 is 0. The number of amides is 2. The van der Waals surface area contributed by atoms with E-state index in [-0.39, 0.29) is 18.2 Å². The maximum atomic E-state index is 12.0. The molecule has 114 valence electrons. The van der Waals surface area contributed by atoms with E-state index in [1.54, 1.807) is 12.1 Å². The molecule has 1 saturated carbocycles. The van der Waals surface area contributed by atoms with Gasteiger partial charge in [-0.1, -0.05) is 12.1 Å². The lowest BCUT2D eigenvalue weighted by Crippen LogP contribution is -2.14. The van der Waals surface area contributed by atoms with Crippen LogP contribution in [0.1, 0.15) is 36.9 Å². The summed E-state index contributed by atoms with van der Waals surface area (Å²) in [7, 11) is 0. The van der Waals surface area contributed by atoms with E-state index in [4.69, 9.17) is 0 Å². The van der Waals surface area contributed by atoms with Crippen molar-refractivity contribution in [3.8, 4) is 0 Å². The second-order valence-corrected chi connectivity index (χ2v) is 5.58. The summed E-state index contributed by atoms with van der Waals surface area (Å²) in [5.74, 6) is 0.986. The largest absolute Gasteiger partial charge is 0.326 e. The van der Waals surface area contributed by atoms with Crippen LogP contribution in [0.2, 0.25) is 0 Å². The quantitative estimate of drug-likeness (QED) is 0.792. The van der Waals surface area contributed by atoms with E-state index in [1.165, 1.54) is 19.8 Å². The van der Waals surface area contributed by atoms with Gasteiger partial charge in [-0.05, 0) is 30.5 Å². The smallest absolute Gasteiger partial charge is 0.229 e. The average molecular weight is 298 g/mol. The van der Waals surface area contributed by atoms with Crippen LogP contribution in [0.4, 0.5) is 11.5 Å². The molecule has 3 rings (SSSR count). The van der Waals surface area contributed by atoms with E-state index in [1.807, 2.05) is 18.2 Å². The molecule has 0 aliphatic heterocycles. The van der Waals surface area contributed by atoms with E-state index in [0.29, 0.717) is 11.7 Å². The van der Waals surface area contributed by atoms with Crippen molar-refractivity contribution < 1.29 is 9.59 Å². The third-order valence-corrected chi connectivity index (χ3v) is 3.51. The van der Waals surface area contributed by atoms with Crippen molar-refractivity contribution in [2.45, 2.75) is 32.1 Å². The van der Waals surface area contributed by atoms with E-state index < -0.39 is 0 Å². The first-order valence-corrected chi connectivity index (χ1v) is 7.32. The normalized spacial score (nSPS) is 13.7. The Morgan fingerprint density at radius 1 is 1.23 bits per heavy atom. The summed E-state index contributed by atoms with van der Waals surface area (Å²) in [5, 5.41) is 12.5. The third kappa shape index (κ3) is 3.72. The molecule has 2 amide bonds. The van der Waals surface area contributed by atoms with Gasteiger partial charge in [-0.15, -0.1) is 0 Å². The number of carbonyl (C=O) groups excluding carboxylic acids is 2. The molecule has 1 aromatic heterocycles. The van der Waals surface area contributed by atoms with Gasteiger partial charge in [0.2, 0.25) is 11.8 Å². The van der Waals surface area contributed by atoms with Gasteiger partial charge >= 0.3 is 0 Å². The van der Waals surface area contributed by atoms with Crippen LogP contribution in [0.3, 0.4) is 0 Å². The SMILES string of the molecule is CC(=O)Nc1ccc(CC(=O)Nc2cc(C3CC3)n[nH]2)cc1. The standard InChI is InChI=1S/C16H18N4O2/c1-10(21)17-13-6-2-11(3-7-13)8-16(22)18-15-9-14(19-20-15)12-4-5-12/h2-3,6-7,9,12H,4-5,8H2,1H3,(H,17,21)(H2,18,19,20,22). The van der Waals surface area contributed by atoms with E-state index in [2.05, 4.69) is 20.8 Å². The summed E-state index contributed by atoms with van der Waals surface area (Å²) in [6.07, 6.45) is 2.63. The van der Waals surface area contributed by atoms with Gasteiger partial charge < -0.3 is 10.6 Å². The number of carbonyl (C=O) groups is 2. The molecule has 1 heterocycles. The molecule has 0 bridgehead atoms. The number of hydrogen-bond acceptors (Lipinski definition) is 3. The Morgan fingerprint density at radius 3 is 2.59 bits per heavy atom. The summed E-state index contributed by atoms with van der Waals surface area (Å²) in [4.78, 5) is 23.0. The van der Waals surface area contributed by atoms with Crippen LogP contribution in [-0.4, -0.2) is 22.0 Å². The fourth-order valence-electron chi connectivity index (χ4n) is 2.28. The summed E-state index contributed by atoms with van der Waals surface area (Å²) in [6, 6.07) is 9.12. The van der Waals surface area contributed by atoms with Gasteiger partial charge in [0.05, 0.1) is 12.1 Å². The highest BCUT2D eigenvalue weighted by Crippen LogP contribution is 2.39. The first-order chi connectivity index (χ1) is 10.6. The lowest BCUT2D eigenvalue weighted by atomic mass is 10.1. The number of benzene rings is 1. The van der Waals surface area contributed by atoms with Crippen molar-refractivity contribution in [1.82, 2.24) is 10.2 Å². The van der Waals surface area contributed by atoms with E-state index in [9.17, 15) is 9.59 Å². The van der Waals surface area contributed by atoms with Crippen molar-refractivity contribution >= 4 is 23.3 Å². The van der Waals surface area contributed by atoms with Crippen molar-refractivity contribution in [1.29, 1.82) is 0 Å². The maximum Gasteiger partial charge on any atom is 0.229 e. The highest BCUT2D eigenvalue weighted by Gasteiger charge is 2.26. The lowest BCUT2D eigenvalue weighted by Gasteiger charge is -2.05. The molecule has 1 fully saturated rings. The Morgan fingerprint density at radius 2 is 1.95 bits per heavy atom.